The Morgan fingerprint density at radius 3 is 2.56 bits per heavy atom. The molecule has 0 aliphatic heterocycles. The van der Waals surface area contributed by atoms with Crippen LogP contribution in [0.4, 0.5) is 0 Å². The van der Waals surface area contributed by atoms with Crippen molar-refractivity contribution in [1.29, 1.82) is 0 Å². The summed E-state index contributed by atoms with van der Waals surface area (Å²) >= 11 is 0. The molecule has 1 saturated carbocycles. The third kappa shape index (κ3) is 4.17. The van der Waals surface area contributed by atoms with E-state index < -0.39 is 11.5 Å². The lowest BCUT2D eigenvalue weighted by Gasteiger charge is -2.34. The maximum atomic E-state index is 12.8. The first kappa shape index (κ1) is 19.0. The number of pyridine rings is 1. The molecule has 27 heavy (non-hydrogen) atoms. The smallest absolute Gasteiger partial charge is 0.263 e. The van der Waals surface area contributed by atoms with Crippen LogP contribution in [-0.2, 0) is 11.3 Å². The first-order valence-electron chi connectivity index (χ1n) is 9.10. The molecule has 0 unspecified atom stereocenters. The summed E-state index contributed by atoms with van der Waals surface area (Å²) in [5, 5.41) is 2.48. The zero-order valence-corrected chi connectivity index (χ0v) is 15.6. The summed E-state index contributed by atoms with van der Waals surface area (Å²) in [6, 6.07) is 10.9. The minimum atomic E-state index is -0.491. The lowest BCUT2D eigenvalue weighted by atomic mass is 9.78. The molecule has 1 heterocycles. The van der Waals surface area contributed by atoms with Gasteiger partial charge < -0.3 is 14.6 Å². The third-order valence-corrected chi connectivity index (χ3v) is 5.17. The van der Waals surface area contributed by atoms with E-state index in [0.717, 1.165) is 18.4 Å². The number of aromatic nitrogens is 1. The fraction of sp³-hybridized carbons (Fsp3) is 0.381. The number of amides is 1. The minimum Gasteiger partial charge on any atom is -0.381 e. The van der Waals surface area contributed by atoms with Crippen molar-refractivity contribution in [3.05, 3.63) is 69.6 Å². The lowest BCUT2D eigenvalue weighted by Crippen LogP contribution is -2.35. The number of hydrogen-bond donors (Lipinski definition) is 1. The van der Waals surface area contributed by atoms with Crippen molar-refractivity contribution in [3.63, 3.8) is 0 Å². The lowest BCUT2D eigenvalue weighted by molar-refractivity contribution is -0.0171. The van der Waals surface area contributed by atoms with Gasteiger partial charge in [0.2, 0.25) is 0 Å². The molecule has 0 spiro atoms. The molecule has 0 saturated heterocycles. The fourth-order valence-corrected chi connectivity index (χ4v) is 3.42. The number of benzene rings is 1. The molecule has 2 aromatic rings. The van der Waals surface area contributed by atoms with Crippen LogP contribution in [0.1, 0.15) is 45.5 Å². The molecule has 2 atom stereocenters. The van der Waals surface area contributed by atoms with E-state index in [-0.39, 0.29) is 23.4 Å². The van der Waals surface area contributed by atoms with E-state index in [4.69, 9.17) is 4.74 Å². The van der Waals surface area contributed by atoms with Gasteiger partial charge in [-0.3, -0.25) is 14.4 Å². The van der Waals surface area contributed by atoms with Crippen LogP contribution in [-0.4, -0.2) is 36.5 Å². The second-order valence-electron chi connectivity index (χ2n) is 6.88. The highest BCUT2D eigenvalue weighted by Gasteiger charge is 2.33. The number of nitrogens with one attached hydrogen (secondary N) is 1. The van der Waals surface area contributed by atoms with Gasteiger partial charge in [-0.2, -0.15) is 0 Å². The van der Waals surface area contributed by atoms with Crippen LogP contribution in [0.2, 0.25) is 0 Å². The molecular formula is C21H24N2O4. The number of ketones is 1. The standard InChI is InChI=1S/C21H24N2O4/c1-22-20(25)17-10-16(18(24)11-15-8-9-19(15)27-2)13-23(21(17)26)12-14-6-4-3-5-7-14/h3-7,10,13,15,19H,8-9,11-12H2,1-2H3,(H,22,25)/t15-,19+/m0/s1. The second-order valence-corrected chi connectivity index (χ2v) is 6.88. The van der Waals surface area contributed by atoms with Gasteiger partial charge in [0.05, 0.1) is 12.6 Å². The predicted octanol–water partition coefficient (Wildman–Crippen LogP) is 2.25. The van der Waals surface area contributed by atoms with Crippen LogP contribution in [0.5, 0.6) is 0 Å². The summed E-state index contributed by atoms with van der Waals surface area (Å²) in [4.78, 5) is 37.6. The number of hydrogen-bond acceptors (Lipinski definition) is 4. The van der Waals surface area contributed by atoms with Crippen LogP contribution in [0.3, 0.4) is 0 Å². The van der Waals surface area contributed by atoms with Crippen molar-refractivity contribution in [2.45, 2.75) is 31.9 Å². The van der Waals surface area contributed by atoms with E-state index in [1.165, 1.54) is 17.7 Å². The van der Waals surface area contributed by atoms with Crippen molar-refractivity contribution in [1.82, 2.24) is 9.88 Å². The molecule has 1 aromatic heterocycles. The van der Waals surface area contributed by atoms with Crippen LogP contribution in [0.15, 0.2) is 47.4 Å². The molecule has 1 amide bonds. The number of carbonyl (C=O) groups is 2. The number of nitrogens with zero attached hydrogens (tertiary/aromatic N) is 1. The van der Waals surface area contributed by atoms with Gasteiger partial charge >= 0.3 is 0 Å². The molecular weight excluding hydrogens is 344 g/mol. The number of Topliss-reactive ketones (excluding diaryl/α,β-unsaturated/α-hetero) is 1. The largest absolute Gasteiger partial charge is 0.381 e. The zero-order valence-electron chi connectivity index (χ0n) is 15.6. The highest BCUT2D eigenvalue weighted by atomic mass is 16.5. The summed E-state index contributed by atoms with van der Waals surface area (Å²) in [6.07, 6.45) is 3.95. The van der Waals surface area contributed by atoms with Gasteiger partial charge in [0.1, 0.15) is 5.56 Å². The Morgan fingerprint density at radius 1 is 1.22 bits per heavy atom. The maximum absolute atomic E-state index is 12.8. The van der Waals surface area contributed by atoms with Crippen LogP contribution in [0.25, 0.3) is 0 Å². The van der Waals surface area contributed by atoms with Crippen LogP contribution >= 0.6 is 0 Å². The topological polar surface area (TPSA) is 77.4 Å². The van der Waals surface area contributed by atoms with Crippen LogP contribution < -0.4 is 10.9 Å². The molecule has 1 N–H and O–H groups in total. The summed E-state index contributed by atoms with van der Waals surface area (Å²) in [6.45, 7) is 0.301. The number of methoxy groups -OCH3 is 1. The Kier molecular flexibility index (Phi) is 5.86. The Hall–Kier alpha value is -2.73. The number of rotatable bonds is 7. The Labute approximate surface area is 158 Å². The number of ether oxygens (including phenoxy) is 1. The molecule has 1 aliphatic rings. The van der Waals surface area contributed by atoms with E-state index >= 15 is 0 Å². The molecule has 142 valence electrons. The van der Waals surface area contributed by atoms with Gasteiger partial charge in [-0.05, 0) is 30.4 Å². The highest BCUT2D eigenvalue weighted by molar-refractivity contribution is 6.00. The van der Waals surface area contributed by atoms with E-state index in [0.29, 0.717) is 18.5 Å². The van der Waals surface area contributed by atoms with Crippen molar-refractivity contribution < 1.29 is 14.3 Å². The van der Waals surface area contributed by atoms with Gasteiger partial charge in [0, 0.05) is 32.3 Å². The molecule has 0 radical (unpaired) electrons. The van der Waals surface area contributed by atoms with Gasteiger partial charge in [-0.15, -0.1) is 0 Å². The van der Waals surface area contributed by atoms with Crippen molar-refractivity contribution in [2.24, 2.45) is 5.92 Å². The molecule has 1 aliphatic carbocycles. The Morgan fingerprint density at radius 2 is 1.96 bits per heavy atom. The van der Waals surface area contributed by atoms with E-state index in [1.54, 1.807) is 13.3 Å². The zero-order chi connectivity index (χ0) is 19.4. The van der Waals surface area contributed by atoms with Gasteiger partial charge in [0.15, 0.2) is 5.78 Å². The predicted molar refractivity (Wildman–Crippen MR) is 102 cm³/mol. The Bertz CT molecular complexity index is 887. The summed E-state index contributed by atoms with van der Waals surface area (Å²) < 4.78 is 6.80. The fourth-order valence-electron chi connectivity index (χ4n) is 3.42. The van der Waals surface area contributed by atoms with Gasteiger partial charge in [-0.25, -0.2) is 0 Å². The molecule has 6 nitrogen and oxygen atoms in total. The SMILES string of the molecule is CNC(=O)c1cc(C(=O)C[C@@H]2CC[C@H]2OC)cn(Cc2ccccc2)c1=O. The average molecular weight is 368 g/mol. The molecule has 1 aromatic carbocycles. The summed E-state index contributed by atoms with van der Waals surface area (Å²) in [5.41, 5.74) is 0.876. The van der Waals surface area contributed by atoms with Crippen molar-refractivity contribution in [2.75, 3.05) is 14.2 Å². The van der Waals surface area contributed by atoms with Crippen molar-refractivity contribution >= 4 is 11.7 Å². The maximum Gasteiger partial charge on any atom is 0.263 e. The van der Waals surface area contributed by atoms with Crippen LogP contribution in [0, 0.1) is 5.92 Å². The number of carbonyl (C=O) groups excluding carboxylic acids is 2. The first-order valence-corrected chi connectivity index (χ1v) is 9.10. The quantitative estimate of drug-likeness (QED) is 0.761. The summed E-state index contributed by atoms with van der Waals surface area (Å²) in [7, 11) is 3.13. The van der Waals surface area contributed by atoms with Crippen molar-refractivity contribution in [3.8, 4) is 0 Å². The van der Waals surface area contributed by atoms with Gasteiger partial charge in [-0.1, -0.05) is 30.3 Å². The second kappa shape index (κ2) is 8.31. The first-order chi connectivity index (χ1) is 13.0. The Balaban J connectivity index is 1.93. The molecule has 3 rings (SSSR count). The highest BCUT2D eigenvalue weighted by Crippen LogP contribution is 2.33. The molecule has 6 heteroatoms. The third-order valence-electron chi connectivity index (χ3n) is 5.17. The van der Waals surface area contributed by atoms with E-state index in [2.05, 4.69) is 5.32 Å². The normalized spacial score (nSPS) is 18.6. The molecule has 1 fully saturated rings. The summed E-state index contributed by atoms with van der Waals surface area (Å²) in [5.74, 6) is -0.371. The average Bonchev–Trinajstić information content (AvgIpc) is 2.67. The van der Waals surface area contributed by atoms with E-state index in [9.17, 15) is 14.4 Å². The monoisotopic (exact) mass is 368 g/mol. The molecule has 0 bridgehead atoms. The van der Waals surface area contributed by atoms with Gasteiger partial charge in [0.25, 0.3) is 11.5 Å². The minimum absolute atomic E-state index is 0.0174. The van der Waals surface area contributed by atoms with E-state index in [1.807, 2.05) is 30.3 Å².